The molecular weight excluding hydrogens is 216 g/mol. The van der Waals surface area contributed by atoms with E-state index in [1.54, 1.807) is 0 Å². The third-order valence-corrected chi connectivity index (χ3v) is 1.92. The van der Waals surface area contributed by atoms with Crippen LogP contribution in [0.25, 0.3) is 0 Å². The summed E-state index contributed by atoms with van der Waals surface area (Å²) >= 11 is 0. The fraction of sp³-hybridized carbons (Fsp3) is 0.333. The zero-order chi connectivity index (χ0) is 12.1. The number of carbonyl (C=O) groups is 1. The molecule has 7 nitrogen and oxygen atoms in total. The molecule has 1 aromatic rings. The van der Waals surface area contributed by atoms with Gasteiger partial charge in [0.2, 0.25) is 6.04 Å². The van der Waals surface area contributed by atoms with Crippen LogP contribution in [0.2, 0.25) is 0 Å². The SMILES string of the molecule is COC(=O)C(N=O)c1nccc(OC)c1O. The normalized spacial score (nSPS) is 11.6. The Morgan fingerprint density at radius 3 is 2.75 bits per heavy atom. The standard InChI is InChI=1S/C9H10N2O5/c1-15-5-3-4-10-6(8(5)12)7(11-14)9(13)16-2/h3-4,7,12H,1-2H3. The van der Waals surface area contributed by atoms with E-state index in [-0.39, 0.29) is 11.4 Å². The number of aromatic hydroxyl groups is 1. The summed E-state index contributed by atoms with van der Waals surface area (Å²) in [6.45, 7) is 0. The summed E-state index contributed by atoms with van der Waals surface area (Å²) in [6, 6.07) is -0.113. The molecule has 1 N–H and O–H groups in total. The lowest BCUT2D eigenvalue weighted by molar-refractivity contribution is -0.142. The lowest BCUT2D eigenvalue weighted by atomic mass is 10.2. The Morgan fingerprint density at radius 1 is 1.56 bits per heavy atom. The first-order valence-corrected chi connectivity index (χ1v) is 4.27. The molecule has 16 heavy (non-hydrogen) atoms. The number of hydrogen-bond acceptors (Lipinski definition) is 7. The lowest BCUT2D eigenvalue weighted by Crippen LogP contribution is -2.13. The summed E-state index contributed by atoms with van der Waals surface area (Å²) in [4.78, 5) is 25.4. The van der Waals surface area contributed by atoms with Crippen molar-refractivity contribution in [1.29, 1.82) is 0 Å². The first-order chi connectivity index (χ1) is 7.65. The number of pyridine rings is 1. The number of methoxy groups -OCH3 is 2. The van der Waals surface area contributed by atoms with Gasteiger partial charge in [0.15, 0.2) is 11.5 Å². The van der Waals surface area contributed by atoms with Crippen LogP contribution in [-0.4, -0.2) is 30.3 Å². The highest BCUT2D eigenvalue weighted by Crippen LogP contribution is 2.33. The molecule has 86 valence electrons. The number of nitroso groups, excluding NO2 is 1. The number of aromatic nitrogens is 1. The molecule has 0 fully saturated rings. The van der Waals surface area contributed by atoms with Gasteiger partial charge in [-0.25, -0.2) is 4.79 Å². The average Bonchev–Trinajstić information content (AvgIpc) is 2.31. The predicted octanol–water partition coefficient (Wildman–Crippen LogP) is 0.776. The number of esters is 1. The minimum Gasteiger partial charge on any atom is -0.503 e. The second-order valence-electron chi connectivity index (χ2n) is 2.78. The van der Waals surface area contributed by atoms with E-state index in [1.807, 2.05) is 0 Å². The number of nitrogens with zero attached hydrogens (tertiary/aromatic N) is 2. The largest absolute Gasteiger partial charge is 0.503 e. The molecule has 1 atom stereocenters. The Morgan fingerprint density at radius 2 is 2.25 bits per heavy atom. The summed E-state index contributed by atoms with van der Waals surface area (Å²) < 4.78 is 9.17. The molecule has 1 heterocycles. The van der Waals surface area contributed by atoms with E-state index in [9.17, 15) is 14.8 Å². The first kappa shape index (κ1) is 11.9. The number of carbonyl (C=O) groups excluding carboxylic acids is 1. The molecule has 1 aromatic heterocycles. The van der Waals surface area contributed by atoms with Crippen LogP contribution in [0, 0.1) is 4.91 Å². The first-order valence-electron chi connectivity index (χ1n) is 4.27. The van der Waals surface area contributed by atoms with Crippen molar-refractivity contribution in [2.45, 2.75) is 6.04 Å². The summed E-state index contributed by atoms with van der Waals surface area (Å²) in [7, 11) is 2.44. The van der Waals surface area contributed by atoms with Gasteiger partial charge in [-0.2, -0.15) is 0 Å². The molecule has 0 amide bonds. The minimum absolute atomic E-state index is 0.0996. The molecule has 1 unspecified atom stereocenters. The molecule has 0 bridgehead atoms. The summed E-state index contributed by atoms with van der Waals surface area (Å²) in [5.74, 6) is -1.20. The van der Waals surface area contributed by atoms with Crippen molar-refractivity contribution in [3.63, 3.8) is 0 Å². The third kappa shape index (κ3) is 2.08. The van der Waals surface area contributed by atoms with Gasteiger partial charge >= 0.3 is 5.97 Å². The van der Waals surface area contributed by atoms with Gasteiger partial charge in [-0.15, -0.1) is 4.91 Å². The minimum atomic E-state index is -1.50. The molecule has 0 spiro atoms. The fourth-order valence-corrected chi connectivity index (χ4v) is 1.13. The Kier molecular flexibility index (Phi) is 3.76. The van der Waals surface area contributed by atoms with Crippen molar-refractivity contribution in [3.05, 3.63) is 22.9 Å². The quantitative estimate of drug-likeness (QED) is 0.601. The van der Waals surface area contributed by atoms with Crippen molar-refractivity contribution in [1.82, 2.24) is 4.98 Å². The maximum absolute atomic E-state index is 11.2. The van der Waals surface area contributed by atoms with Gasteiger partial charge in [-0.1, -0.05) is 0 Å². The zero-order valence-corrected chi connectivity index (χ0v) is 8.71. The summed E-state index contributed by atoms with van der Waals surface area (Å²) in [5, 5.41) is 12.2. The highest BCUT2D eigenvalue weighted by molar-refractivity contribution is 5.78. The van der Waals surface area contributed by atoms with Gasteiger partial charge in [0, 0.05) is 12.3 Å². The van der Waals surface area contributed by atoms with Gasteiger partial charge in [0.1, 0.15) is 5.69 Å². The van der Waals surface area contributed by atoms with Crippen LogP contribution in [0.5, 0.6) is 11.5 Å². The summed E-state index contributed by atoms with van der Waals surface area (Å²) in [6.07, 6.45) is 1.29. The van der Waals surface area contributed by atoms with Gasteiger partial charge < -0.3 is 14.6 Å². The average molecular weight is 226 g/mol. The van der Waals surface area contributed by atoms with Gasteiger partial charge in [-0.3, -0.25) is 4.98 Å². The van der Waals surface area contributed by atoms with Crippen LogP contribution >= 0.6 is 0 Å². The predicted molar refractivity (Wildman–Crippen MR) is 53.0 cm³/mol. The van der Waals surface area contributed by atoms with E-state index >= 15 is 0 Å². The van der Waals surface area contributed by atoms with Crippen LogP contribution in [0.3, 0.4) is 0 Å². The van der Waals surface area contributed by atoms with Crippen molar-refractivity contribution in [2.75, 3.05) is 14.2 Å². The second kappa shape index (κ2) is 5.06. The van der Waals surface area contributed by atoms with Crippen molar-refractivity contribution >= 4 is 5.97 Å². The maximum atomic E-state index is 11.2. The van der Waals surface area contributed by atoms with E-state index in [1.165, 1.54) is 19.4 Å². The molecule has 0 radical (unpaired) electrons. The summed E-state index contributed by atoms with van der Waals surface area (Å²) in [5.41, 5.74) is -0.193. The van der Waals surface area contributed by atoms with E-state index in [0.29, 0.717) is 0 Å². The maximum Gasteiger partial charge on any atom is 0.340 e. The molecule has 1 rings (SSSR count). The topological polar surface area (TPSA) is 98.1 Å². The lowest BCUT2D eigenvalue weighted by Gasteiger charge is -2.10. The fourth-order valence-electron chi connectivity index (χ4n) is 1.13. The van der Waals surface area contributed by atoms with Crippen LogP contribution in [0.4, 0.5) is 0 Å². The van der Waals surface area contributed by atoms with Crippen LogP contribution in [-0.2, 0) is 9.53 Å². The highest BCUT2D eigenvalue weighted by atomic mass is 16.5. The Hall–Kier alpha value is -2.18. The van der Waals surface area contributed by atoms with Crippen molar-refractivity contribution in [2.24, 2.45) is 5.18 Å². The smallest absolute Gasteiger partial charge is 0.340 e. The Bertz CT molecular complexity index is 407. The van der Waals surface area contributed by atoms with Crippen LogP contribution < -0.4 is 4.74 Å². The van der Waals surface area contributed by atoms with E-state index in [4.69, 9.17) is 4.74 Å². The van der Waals surface area contributed by atoms with Gasteiger partial charge in [0.05, 0.1) is 14.2 Å². The number of rotatable bonds is 4. The van der Waals surface area contributed by atoms with Crippen molar-refractivity contribution < 1.29 is 19.4 Å². The van der Waals surface area contributed by atoms with Gasteiger partial charge in [-0.05, 0) is 5.18 Å². The Labute approximate surface area is 91.0 Å². The molecule has 0 aromatic carbocycles. The third-order valence-electron chi connectivity index (χ3n) is 1.92. The molecule has 0 aliphatic carbocycles. The van der Waals surface area contributed by atoms with Crippen LogP contribution in [0.1, 0.15) is 11.7 Å². The Balaban J connectivity index is 3.20. The van der Waals surface area contributed by atoms with Crippen molar-refractivity contribution in [3.8, 4) is 11.5 Å². The number of ether oxygens (including phenoxy) is 2. The molecule has 0 saturated carbocycles. The van der Waals surface area contributed by atoms with Crippen LogP contribution in [0.15, 0.2) is 17.4 Å². The molecular formula is C9H10N2O5. The molecule has 0 saturated heterocycles. The van der Waals surface area contributed by atoms with E-state index in [0.717, 1.165) is 7.11 Å². The molecule has 0 aliphatic rings. The van der Waals surface area contributed by atoms with Gasteiger partial charge in [0.25, 0.3) is 0 Å². The zero-order valence-electron chi connectivity index (χ0n) is 8.71. The molecule has 7 heteroatoms. The second-order valence-corrected chi connectivity index (χ2v) is 2.78. The van der Waals surface area contributed by atoms with E-state index < -0.39 is 17.8 Å². The number of hydrogen-bond donors (Lipinski definition) is 1. The highest BCUT2D eigenvalue weighted by Gasteiger charge is 2.28. The molecule has 0 aliphatic heterocycles. The van der Waals surface area contributed by atoms with E-state index in [2.05, 4.69) is 14.9 Å². The monoisotopic (exact) mass is 226 g/mol.